The predicted octanol–water partition coefficient (Wildman–Crippen LogP) is 2.92. The van der Waals surface area contributed by atoms with Crippen LogP contribution in [0.3, 0.4) is 0 Å². The summed E-state index contributed by atoms with van der Waals surface area (Å²) in [4.78, 5) is 21.2. The second kappa shape index (κ2) is 5.24. The average Bonchev–Trinajstić information content (AvgIpc) is 2.68. The van der Waals surface area contributed by atoms with E-state index in [1.54, 1.807) is 0 Å². The van der Waals surface area contributed by atoms with Crippen LogP contribution in [0.5, 0.6) is 0 Å². The summed E-state index contributed by atoms with van der Waals surface area (Å²) >= 11 is 0. The van der Waals surface area contributed by atoms with Crippen molar-refractivity contribution in [3.05, 3.63) is 11.6 Å². The minimum atomic E-state index is 0.343. The van der Waals surface area contributed by atoms with Crippen molar-refractivity contribution in [3.63, 3.8) is 0 Å². The zero-order valence-corrected chi connectivity index (χ0v) is 9.88. The Bertz CT molecular complexity index is 289. The highest BCUT2D eigenvalue weighted by molar-refractivity contribution is 5.85. The molecule has 0 aromatic heterocycles. The first kappa shape index (κ1) is 12.2. The molecule has 2 nitrogen and oxygen atoms in total. The number of ketones is 2. The fourth-order valence-corrected chi connectivity index (χ4v) is 1.91. The molecular weight excluding hydrogens is 188 g/mol. The van der Waals surface area contributed by atoms with Crippen molar-refractivity contribution < 1.29 is 9.59 Å². The van der Waals surface area contributed by atoms with Crippen LogP contribution in [0.4, 0.5) is 0 Å². The molecule has 0 N–H and O–H groups in total. The van der Waals surface area contributed by atoms with Gasteiger partial charge in [-0.05, 0) is 19.3 Å². The summed E-state index contributed by atoms with van der Waals surface area (Å²) in [5.41, 5.74) is 1.23. The average molecular weight is 208 g/mol. The number of Topliss-reactive ketones (excluding diaryl/α,β-unsaturated/α-hetero) is 2. The summed E-state index contributed by atoms with van der Waals surface area (Å²) in [7, 11) is 0. The van der Waals surface area contributed by atoms with Gasteiger partial charge in [-0.1, -0.05) is 25.5 Å². The van der Waals surface area contributed by atoms with E-state index in [2.05, 4.69) is 6.92 Å². The third kappa shape index (κ3) is 3.61. The minimum absolute atomic E-state index is 0.343. The Kier molecular flexibility index (Phi) is 4.25. The normalized spacial score (nSPS) is 29.9. The number of hydrogen-bond donors (Lipinski definition) is 0. The van der Waals surface area contributed by atoms with Crippen molar-refractivity contribution in [2.24, 2.45) is 11.8 Å². The van der Waals surface area contributed by atoms with Gasteiger partial charge in [-0.2, -0.15) is 0 Å². The van der Waals surface area contributed by atoms with Crippen LogP contribution in [0, 0.1) is 11.8 Å². The van der Waals surface area contributed by atoms with Crippen molar-refractivity contribution in [3.8, 4) is 0 Å². The topological polar surface area (TPSA) is 34.1 Å². The Morgan fingerprint density at radius 1 is 1.27 bits per heavy atom. The predicted molar refractivity (Wildman–Crippen MR) is 60.6 cm³/mol. The van der Waals surface area contributed by atoms with Gasteiger partial charge in [0.25, 0.3) is 0 Å². The highest BCUT2D eigenvalue weighted by Gasteiger charge is 2.26. The second-order valence-corrected chi connectivity index (χ2v) is 4.74. The molecule has 2 rings (SSSR count). The smallest absolute Gasteiger partial charge is 0.140 e. The van der Waals surface area contributed by atoms with Crippen LogP contribution in [-0.4, -0.2) is 11.6 Å². The molecule has 2 heteroatoms. The van der Waals surface area contributed by atoms with Gasteiger partial charge in [-0.3, -0.25) is 9.59 Å². The van der Waals surface area contributed by atoms with Crippen LogP contribution in [0.2, 0.25) is 0 Å². The van der Waals surface area contributed by atoms with E-state index in [-0.39, 0.29) is 0 Å². The van der Waals surface area contributed by atoms with E-state index >= 15 is 0 Å². The Labute approximate surface area is 91.7 Å². The van der Waals surface area contributed by atoms with Gasteiger partial charge in [0.1, 0.15) is 11.6 Å². The largest absolute Gasteiger partial charge is 0.299 e. The Morgan fingerprint density at radius 3 is 2.07 bits per heavy atom. The van der Waals surface area contributed by atoms with Crippen molar-refractivity contribution in [2.75, 3.05) is 0 Å². The fourth-order valence-electron chi connectivity index (χ4n) is 1.91. The number of carbonyl (C=O) groups is 2. The van der Waals surface area contributed by atoms with Gasteiger partial charge in [0.2, 0.25) is 0 Å². The molecule has 0 aliphatic heterocycles. The molecule has 1 fully saturated rings. The number of hydrogen-bond acceptors (Lipinski definition) is 2. The standard InChI is InChI=1S/C7H12O.C6H8O/c1-5-3-4-7(8)6(5)2;1-5-2-3-6(7)4-5/h5-6H,3-4H2,1-2H3;2H,3-4H2,1H3/t5-,6-;/m0./s1. The van der Waals surface area contributed by atoms with Crippen molar-refractivity contribution >= 4 is 11.6 Å². The molecule has 0 bridgehead atoms. The molecule has 0 amide bonds. The highest BCUT2D eigenvalue weighted by atomic mass is 16.1. The quantitative estimate of drug-likeness (QED) is 0.574. The molecular formula is C13H20O2. The first-order valence-electron chi connectivity index (χ1n) is 5.70. The molecule has 0 unspecified atom stereocenters. The molecule has 0 saturated heterocycles. The fraction of sp³-hybridized carbons (Fsp3) is 0.692. The monoisotopic (exact) mass is 208 g/mol. The summed E-state index contributed by atoms with van der Waals surface area (Å²) in [5, 5.41) is 0. The molecule has 0 spiro atoms. The van der Waals surface area contributed by atoms with E-state index in [9.17, 15) is 9.59 Å². The maximum atomic E-state index is 10.8. The van der Waals surface area contributed by atoms with Crippen molar-refractivity contribution in [1.82, 2.24) is 0 Å². The van der Waals surface area contributed by atoms with Gasteiger partial charge in [0.05, 0.1) is 0 Å². The van der Waals surface area contributed by atoms with Gasteiger partial charge >= 0.3 is 0 Å². The Morgan fingerprint density at radius 2 is 1.93 bits per heavy atom. The summed E-state index contributed by atoms with van der Waals surface area (Å²) in [5.74, 6) is 1.80. The number of allylic oxidation sites excluding steroid dienone is 2. The van der Waals surface area contributed by atoms with Gasteiger partial charge in [-0.25, -0.2) is 0 Å². The molecule has 0 aromatic carbocycles. The maximum Gasteiger partial charge on any atom is 0.140 e. The zero-order valence-electron chi connectivity index (χ0n) is 9.88. The van der Waals surface area contributed by atoms with E-state index in [0.717, 1.165) is 12.8 Å². The summed E-state index contributed by atoms with van der Waals surface area (Å²) in [6.07, 6.45) is 5.29. The molecule has 1 saturated carbocycles. The second-order valence-electron chi connectivity index (χ2n) is 4.74. The summed E-state index contributed by atoms with van der Waals surface area (Å²) in [6, 6.07) is 0. The molecule has 84 valence electrons. The van der Waals surface area contributed by atoms with Gasteiger partial charge in [0.15, 0.2) is 0 Å². The van der Waals surface area contributed by atoms with Crippen LogP contribution < -0.4 is 0 Å². The van der Waals surface area contributed by atoms with Gasteiger partial charge in [0, 0.05) is 25.2 Å². The first-order chi connectivity index (χ1) is 7.00. The van der Waals surface area contributed by atoms with E-state index in [1.807, 2.05) is 19.9 Å². The molecule has 0 radical (unpaired) electrons. The summed E-state index contributed by atoms with van der Waals surface area (Å²) < 4.78 is 0. The zero-order chi connectivity index (χ0) is 11.4. The highest BCUT2D eigenvalue weighted by Crippen LogP contribution is 2.26. The van der Waals surface area contributed by atoms with Crippen molar-refractivity contribution in [1.29, 1.82) is 0 Å². The lowest BCUT2D eigenvalue weighted by Crippen LogP contribution is -2.06. The van der Waals surface area contributed by atoms with Crippen LogP contribution in [0.15, 0.2) is 11.6 Å². The molecule has 0 heterocycles. The van der Waals surface area contributed by atoms with Crippen LogP contribution in [-0.2, 0) is 9.59 Å². The van der Waals surface area contributed by atoms with Crippen LogP contribution in [0.1, 0.15) is 46.5 Å². The Balaban J connectivity index is 0.000000151. The van der Waals surface area contributed by atoms with E-state index in [0.29, 0.717) is 36.2 Å². The lowest BCUT2D eigenvalue weighted by Gasteiger charge is -2.03. The van der Waals surface area contributed by atoms with E-state index < -0.39 is 0 Å². The minimum Gasteiger partial charge on any atom is -0.299 e. The van der Waals surface area contributed by atoms with Gasteiger partial charge in [-0.15, -0.1) is 0 Å². The summed E-state index contributed by atoms with van der Waals surface area (Å²) in [6.45, 7) is 6.17. The number of rotatable bonds is 0. The number of carbonyl (C=O) groups excluding carboxylic acids is 2. The van der Waals surface area contributed by atoms with Crippen LogP contribution >= 0.6 is 0 Å². The molecule has 2 atom stereocenters. The maximum absolute atomic E-state index is 10.8. The van der Waals surface area contributed by atoms with Crippen molar-refractivity contribution in [2.45, 2.75) is 46.5 Å². The third-order valence-corrected chi connectivity index (χ3v) is 3.36. The van der Waals surface area contributed by atoms with Gasteiger partial charge < -0.3 is 0 Å². The lowest BCUT2D eigenvalue weighted by atomic mass is 10.0. The molecule has 15 heavy (non-hydrogen) atoms. The third-order valence-electron chi connectivity index (χ3n) is 3.36. The SMILES string of the molecule is CC1=CCC(=O)C1.C[C@@H]1C(=O)CC[C@@H]1C. The first-order valence-corrected chi connectivity index (χ1v) is 5.70. The molecule has 2 aliphatic rings. The Hall–Kier alpha value is -0.920. The van der Waals surface area contributed by atoms with E-state index in [1.165, 1.54) is 5.57 Å². The van der Waals surface area contributed by atoms with E-state index in [4.69, 9.17) is 0 Å². The molecule has 2 aliphatic carbocycles. The van der Waals surface area contributed by atoms with Crippen LogP contribution in [0.25, 0.3) is 0 Å². The molecule has 0 aromatic rings. The lowest BCUT2D eigenvalue weighted by molar-refractivity contribution is -0.120.